The van der Waals surface area contributed by atoms with Crippen molar-refractivity contribution in [3.63, 3.8) is 0 Å². The SMILES string of the molecule is CC(C)OC(=O)C1C(C)(C)C12CC2. The summed E-state index contributed by atoms with van der Waals surface area (Å²) in [4.78, 5) is 11.7. The molecule has 13 heavy (non-hydrogen) atoms. The molecule has 0 aromatic carbocycles. The highest BCUT2D eigenvalue weighted by Crippen LogP contribution is 2.82. The number of hydrogen-bond donors (Lipinski definition) is 0. The van der Waals surface area contributed by atoms with Crippen molar-refractivity contribution in [2.24, 2.45) is 16.7 Å². The molecule has 0 heterocycles. The monoisotopic (exact) mass is 182 g/mol. The van der Waals surface area contributed by atoms with Crippen molar-refractivity contribution in [1.82, 2.24) is 0 Å². The molecule has 0 bridgehead atoms. The summed E-state index contributed by atoms with van der Waals surface area (Å²) in [7, 11) is 0. The molecule has 74 valence electrons. The minimum Gasteiger partial charge on any atom is -0.463 e. The topological polar surface area (TPSA) is 26.3 Å². The van der Waals surface area contributed by atoms with Gasteiger partial charge in [0.15, 0.2) is 0 Å². The second-order valence-electron chi connectivity index (χ2n) is 5.30. The van der Waals surface area contributed by atoms with Crippen LogP contribution >= 0.6 is 0 Å². The van der Waals surface area contributed by atoms with E-state index in [1.54, 1.807) is 0 Å². The van der Waals surface area contributed by atoms with Gasteiger partial charge in [-0.3, -0.25) is 4.79 Å². The molecule has 2 rings (SSSR count). The molecular formula is C11H18O2. The van der Waals surface area contributed by atoms with E-state index in [-0.39, 0.29) is 23.4 Å². The van der Waals surface area contributed by atoms with Gasteiger partial charge in [-0.25, -0.2) is 0 Å². The number of esters is 1. The third-order valence-electron chi connectivity index (χ3n) is 3.85. The number of ether oxygens (including phenoxy) is 1. The van der Waals surface area contributed by atoms with Gasteiger partial charge in [0.25, 0.3) is 0 Å². The molecule has 0 radical (unpaired) electrons. The fourth-order valence-corrected chi connectivity index (χ4v) is 2.83. The maximum Gasteiger partial charge on any atom is 0.310 e. The highest BCUT2D eigenvalue weighted by atomic mass is 16.5. The van der Waals surface area contributed by atoms with Gasteiger partial charge in [-0.2, -0.15) is 0 Å². The van der Waals surface area contributed by atoms with Gasteiger partial charge in [0.05, 0.1) is 12.0 Å². The van der Waals surface area contributed by atoms with Crippen molar-refractivity contribution in [3.8, 4) is 0 Å². The highest BCUT2D eigenvalue weighted by Gasteiger charge is 2.80. The Balaban J connectivity index is 2.01. The fourth-order valence-electron chi connectivity index (χ4n) is 2.83. The summed E-state index contributed by atoms with van der Waals surface area (Å²) < 4.78 is 5.25. The summed E-state index contributed by atoms with van der Waals surface area (Å²) in [5.74, 6) is 0.208. The van der Waals surface area contributed by atoms with Crippen LogP contribution in [0.1, 0.15) is 40.5 Å². The molecular weight excluding hydrogens is 164 g/mol. The second kappa shape index (κ2) is 2.28. The van der Waals surface area contributed by atoms with Crippen LogP contribution in [0.2, 0.25) is 0 Å². The lowest BCUT2D eigenvalue weighted by atomic mass is 10.1. The van der Waals surface area contributed by atoms with Crippen LogP contribution < -0.4 is 0 Å². The average molecular weight is 182 g/mol. The van der Waals surface area contributed by atoms with Crippen molar-refractivity contribution in [2.75, 3.05) is 0 Å². The largest absolute Gasteiger partial charge is 0.463 e. The number of rotatable bonds is 2. The minimum atomic E-state index is 0.0255. The Bertz CT molecular complexity index is 245. The van der Waals surface area contributed by atoms with E-state index >= 15 is 0 Å². The van der Waals surface area contributed by atoms with Gasteiger partial charge in [0.1, 0.15) is 0 Å². The van der Waals surface area contributed by atoms with Crippen LogP contribution in [0.15, 0.2) is 0 Å². The van der Waals surface area contributed by atoms with Crippen molar-refractivity contribution in [2.45, 2.75) is 46.6 Å². The lowest BCUT2D eigenvalue weighted by Gasteiger charge is -2.08. The zero-order chi connectivity index (χ0) is 9.85. The first-order chi connectivity index (χ1) is 5.92. The first-order valence-corrected chi connectivity index (χ1v) is 5.12. The van der Waals surface area contributed by atoms with E-state index in [0.29, 0.717) is 5.41 Å². The van der Waals surface area contributed by atoms with Crippen LogP contribution in [0.5, 0.6) is 0 Å². The van der Waals surface area contributed by atoms with Crippen LogP contribution in [0.3, 0.4) is 0 Å². The van der Waals surface area contributed by atoms with Crippen LogP contribution in [-0.2, 0) is 9.53 Å². The maximum absolute atomic E-state index is 11.7. The molecule has 1 unspecified atom stereocenters. The molecule has 0 N–H and O–H groups in total. The average Bonchev–Trinajstić information content (AvgIpc) is 2.73. The van der Waals surface area contributed by atoms with Gasteiger partial charge in [0, 0.05) is 0 Å². The summed E-state index contributed by atoms with van der Waals surface area (Å²) in [5.41, 5.74) is 0.554. The molecule has 0 saturated heterocycles. The van der Waals surface area contributed by atoms with Crippen molar-refractivity contribution < 1.29 is 9.53 Å². The first kappa shape index (κ1) is 9.04. The molecule has 2 aliphatic carbocycles. The van der Waals surface area contributed by atoms with Crippen molar-refractivity contribution >= 4 is 5.97 Å². The molecule has 0 amide bonds. The Hall–Kier alpha value is -0.530. The van der Waals surface area contributed by atoms with Gasteiger partial charge in [-0.1, -0.05) is 13.8 Å². The summed E-state index contributed by atoms with van der Waals surface area (Å²) in [5, 5.41) is 0. The zero-order valence-electron chi connectivity index (χ0n) is 8.89. The van der Waals surface area contributed by atoms with E-state index in [0.717, 1.165) is 0 Å². The van der Waals surface area contributed by atoms with Crippen LogP contribution in [0, 0.1) is 16.7 Å². The third kappa shape index (κ3) is 1.04. The van der Waals surface area contributed by atoms with Gasteiger partial charge in [-0.05, 0) is 37.5 Å². The van der Waals surface area contributed by atoms with E-state index in [4.69, 9.17) is 4.74 Å². The van der Waals surface area contributed by atoms with Crippen molar-refractivity contribution in [3.05, 3.63) is 0 Å². The predicted octanol–water partition coefficient (Wildman–Crippen LogP) is 2.37. The first-order valence-electron chi connectivity index (χ1n) is 5.12. The van der Waals surface area contributed by atoms with Gasteiger partial charge in [0.2, 0.25) is 0 Å². The van der Waals surface area contributed by atoms with E-state index in [1.165, 1.54) is 12.8 Å². The molecule has 0 aliphatic heterocycles. The number of hydrogen-bond acceptors (Lipinski definition) is 2. The number of carbonyl (C=O) groups is 1. The van der Waals surface area contributed by atoms with E-state index < -0.39 is 0 Å². The van der Waals surface area contributed by atoms with Crippen LogP contribution in [-0.4, -0.2) is 12.1 Å². The Morgan fingerprint density at radius 1 is 1.38 bits per heavy atom. The Morgan fingerprint density at radius 2 is 1.92 bits per heavy atom. The number of carbonyl (C=O) groups excluding carboxylic acids is 1. The minimum absolute atomic E-state index is 0.0255. The van der Waals surface area contributed by atoms with Gasteiger partial charge in [-0.15, -0.1) is 0 Å². The van der Waals surface area contributed by atoms with Crippen LogP contribution in [0.25, 0.3) is 0 Å². The summed E-state index contributed by atoms with van der Waals surface area (Å²) in [6.45, 7) is 8.19. The summed E-state index contributed by atoms with van der Waals surface area (Å²) in [6, 6.07) is 0. The molecule has 0 aromatic heterocycles. The highest BCUT2D eigenvalue weighted by molar-refractivity contribution is 5.80. The lowest BCUT2D eigenvalue weighted by Crippen LogP contribution is -2.15. The van der Waals surface area contributed by atoms with E-state index in [1.807, 2.05) is 13.8 Å². The molecule has 2 saturated carbocycles. The van der Waals surface area contributed by atoms with Crippen LogP contribution in [0.4, 0.5) is 0 Å². The standard InChI is InChI=1S/C11H18O2/c1-7(2)13-9(12)8-10(3,4)11(8)5-6-11/h7-8H,5-6H2,1-4H3. The molecule has 2 nitrogen and oxygen atoms in total. The molecule has 0 aromatic rings. The molecule has 1 spiro atoms. The quantitative estimate of drug-likeness (QED) is 0.613. The molecule has 1 atom stereocenters. The fraction of sp³-hybridized carbons (Fsp3) is 0.909. The predicted molar refractivity (Wildman–Crippen MR) is 50.2 cm³/mol. The summed E-state index contributed by atoms with van der Waals surface area (Å²) >= 11 is 0. The Morgan fingerprint density at radius 3 is 2.23 bits per heavy atom. The second-order valence-corrected chi connectivity index (χ2v) is 5.30. The summed E-state index contributed by atoms with van der Waals surface area (Å²) in [6.07, 6.45) is 2.47. The smallest absolute Gasteiger partial charge is 0.310 e. The van der Waals surface area contributed by atoms with E-state index in [9.17, 15) is 4.79 Å². The molecule has 2 heteroatoms. The molecule has 2 aliphatic rings. The van der Waals surface area contributed by atoms with Gasteiger partial charge < -0.3 is 4.74 Å². The van der Waals surface area contributed by atoms with Crippen molar-refractivity contribution in [1.29, 1.82) is 0 Å². The normalized spacial score (nSPS) is 31.9. The van der Waals surface area contributed by atoms with E-state index in [2.05, 4.69) is 13.8 Å². The zero-order valence-corrected chi connectivity index (χ0v) is 8.89. The van der Waals surface area contributed by atoms with Gasteiger partial charge >= 0.3 is 5.97 Å². The molecule has 2 fully saturated rings. The maximum atomic E-state index is 11.7. The lowest BCUT2D eigenvalue weighted by molar-refractivity contribution is -0.150. The Kier molecular flexibility index (Phi) is 1.59. The Labute approximate surface area is 79.7 Å². The third-order valence-corrected chi connectivity index (χ3v) is 3.85.